The molecule has 0 radical (unpaired) electrons. The zero-order valence-electron chi connectivity index (χ0n) is 10.6. The first kappa shape index (κ1) is 14.2. The van der Waals surface area contributed by atoms with Gasteiger partial charge in [0.2, 0.25) is 21.8 Å². The van der Waals surface area contributed by atoms with Gasteiger partial charge < -0.3 is 0 Å². The van der Waals surface area contributed by atoms with Crippen molar-refractivity contribution in [3.05, 3.63) is 29.3 Å². The smallest absolute Gasteiger partial charge is 0.244 e. The van der Waals surface area contributed by atoms with Gasteiger partial charge in [-0.15, -0.1) is 0 Å². The second-order valence-electron chi connectivity index (χ2n) is 4.33. The standard InChI is InChI=1S/C12H11N3O4S/c1-8-4-10(3-2-9(8)5-13)20(18,19)15-6-11(16)14-12(17)7-15/h2-4H,6-7H2,1H3,(H,14,16,17). The van der Waals surface area contributed by atoms with E-state index in [1.807, 2.05) is 11.4 Å². The van der Waals surface area contributed by atoms with Crippen LogP contribution in [-0.2, 0) is 19.6 Å². The van der Waals surface area contributed by atoms with Gasteiger partial charge in [0.1, 0.15) is 0 Å². The van der Waals surface area contributed by atoms with Crippen LogP contribution >= 0.6 is 0 Å². The highest BCUT2D eigenvalue weighted by molar-refractivity contribution is 7.89. The van der Waals surface area contributed by atoms with Gasteiger partial charge in [0.25, 0.3) is 0 Å². The topological polar surface area (TPSA) is 107 Å². The number of imide groups is 1. The van der Waals surface area contributed by atoms with Crippen LogP contribution in [0.1, 0.15) is 11.1 Å². The first-order valence-electron chi connectivity index (χ1n) is 5.68. The number of nitriles is 1. The van der Waals surface area contributed by atoms with E-state index in [-0.39, 0.29) is 4.90 Å². The van der Waals surface area contributed by atoms with Crippen molar-refractivity contribution in [1.82, 2.24) is 9.62 Å². The number of benzene rings is 1. The molecule has 1 aliphatic heterocycles. The lowest BCUT2D eigenvalue weighted by Crippen LogP contribution is -2.53. The van der Waals surface area contributed by atoms with Crippen LogP contribution in [0.25, 0.3) is 0 Å². The van der Waals surface area contributed by atoms with E-state index in [2.05, 4.69) is 0 Å². The predicted octanol–water partition coefficient (Wildman–Crippen LogP) is -0.486. The molecule has 0 spiro atoms. The number of rotatable bonds is 2. The van der Waals surface area contributed by atoms with E-state index >= 15 is 0 Å². The van der Waals surface area contributed by atoms with Crippen molar-refractivity contribution in [2.75, 3.05) is 13.1 Å². The van der Waals surface area contributed by atoms with Crippen molar-refractivity contribution < 1.29 is 18.0 Å². The summed E-state index contributed by atoms with van der Waals surface area (Å²) in [5.74, 6) is -1.31. The molecule has 1 fully saturated rings. The highest BCUT2D eigenvalue weighted by atomic mass is 32.2. The van der Waals surface area contributed by atoms with Gasteiger partial charge in [-0.05, 0) is 30.7 Å². The van der Waals surface area contributed by atoms with Gasteiger partial charge in [-0.3, -0.25) is 14.9 Å². The summed E-state index contributed by atoms with van der Waals surface area (Å²) in [6, 6.07) is 5.98. The highest BCUT2D eigenvalue weighted by Crippen LogP contribution is 2.19. The maximum Gasteiger partial charge on any atom is 0.244 e. The molecule has 7 nitrogen and oxygen atoms in total. The summed E-state index contributed by atoms with van der Waals surface area (Å²) in [5, 5.41) is 10.9. The summed E-state index contributed by atoms with van der Waals surface area (Å²) >= 11 is 0. The third-order valence-electron chi connectivity index (χ3n) is 2.87. The van der Waals surface area contributed by atoms with Crippen LogP contribution in [0.3, 0.4) is 0 Å². The maximum atomic E-state index is 12.3. The summed E-state index contributed by atoms with van der Waals surface area (Å²) < 4.78 is 25.5. The second kappa shape index (κ2) is 5.03. The fourth-order valence-electron chi connectivity index (χ4n) is 1.85. The van der Waals surface area contributed by atoms with Gasteiger partial charge in [-0.25, -0.2) is 8.42 Å². The molecule has 0 atom stereocenters. The largest absolute Gasteiger partial charge is 0.294 e. The SMILES string of the molecule is Cc1cc(S(=O)(=O)N2CC(=O)NC(=O)C2)ccc1C#N. The number of hydrogen-bond acceptors (Lipinski definition) is 5. The van der Waals surface area contributed by atoms with Crippen LogP contribution in [0.4, 0.5) is 0 Å². The first-order chi connectivity index (χ1) is 9.34. The molecule has 2 amide bonds. The van der Waals surface area contributed by atoms with E-state index < -0.39 is 34.9 Å². The first-order valence-corrected chi connectivity index (χ1v) is 7.12. The molecule has 0 bridgehead atoms. The molecule has 2 rings (SSSR count). The molecule has 0 unspecified atom stereocenters. The minimum atomic E-state index is -3.93. The number of piperazine rings is 1. The summed E-state index contributed by atoms with van der Waals surface area (Å²) in [4.78, 5) is 22.5. The lowest BCUT2D eigenvalue weighted by molar-refractivity contribution is -0.134. The Morgan fingerprint density at radius 2 is 1.85 bits per heavy atom. The van der Waals surface area contributed by atoms with Gasteiger partial charge in [0.15, 0.2) is 0 Å². The van der Waals surface area contributed by atoms with E-state index in [0.29, 0.717) is 11.1 Å². The third-order valence-corrected chi connectivity index (χ3v) is 4.66. The number of carbonyl (C=O) groups excluding carboxylic acids is 2. The fourth-order valence-corrected chi connectivity index (χ4v) is 3.29. The summed E-state index contributed by atoms with van der Waals surface area (Å²) in [7, 11) is -3.93. The molecule has 0 saturated carbocycles. The molecule has 1 aromatic carbocycles. The molecule has 1 aromatic rings. The molecule has 1 heterocycles. The molecule has 104 valence electrons. The fraction of sp³-hybridized carbons (Fsp3) is 0.250. The number of nitrogens with one attached hydrogen (secondary N) is 1. The van der Waals surface area contributed by atoms with Crippen molar-refractivity contribution in [1.29, 1.82) is 5.26 Å². The van der Waals surface area contributed by atoms with Crippen molar-refractivity contribution in [2.45, 2.75) is 11.8 Å². The van der Waals surface area contributed by atoms with E-state index in [9.17, 15) is 18.0 Å². The van der Waals surface area contributed by atoms with E-state index in [1.165, 1.54) is 18.2 Å². The Kier molecular flexibility index (Phi) is 3.57. The maximum absolute atomic E-state index is 12.3. The Labute approximate surface area is 115 Å². The van der Waals surface area contributed by atoms with Crippen LogP contribution in [0, 0.1) is 18.3 Å². The Morgan fingerprint density at radius 3 is 2.35 bits per heavy atom. The van der Waals surface area contributed by atoms with Gasteiger partial charge in [0.05, 0.1) is 29.6 Å². The van der Waals surface area contributed by atoms with Gasteiger partial charge in [-0.2, -0.15) is 9.57 Å². The monoisotopic (exact) mass is 293 g/mol. The van der Waals surface area contributed by atoms with E-state index in [1.54, 1.807) is 6.92 Å². The molecule has 0 aliphatic carbocycles. The van der Waals surface area contributed by atoms with E-state index in [4.69, 9.17) is 5.26 Å². The summed E-state index contributed by atoms with van der Waals surface area (Å²) in [6.07, 6.45) is 0. The molecule has 1 N–H and O–H groups in total. The molecule has 1 aliphatic rings. The third kappa shape index (κ3) is 2.54. The van der Waals surface area contributed by atoms with Crippen molar-refractivity contribution >= 4 is 21.8 Å². The van der Waals surface area contributed by atoms with Crippen LogP contribution in [0.2, 0.25) is 0 Å². The van der Waals surface area contributed by atoms with Crippen LogP contribution in [-0.4, -0.2) is 37.6 Å². The minimum Gasteiger partial charge on any atom is -0.294 e. The highest BCUT2D eigenvalue weighted by Gasteiger charge is 2.32. The van der Waals surface area contributed by atoms with Gasteiger partial charge >= 0.3 is 0 Å². The second-order valence-corrected chi connectivity index (χ2v) is 6.27. The van der Waals surface area contributed by atoms with Crippen molar-refractivity contribution in [3.8, 4) is 6.07 Å². The zero-order valence-corrected chi connectivity index (χ0v) is 11.4. The minimum absolute atomic E-state index is 0.0449. The van der Waals surface area contributed by atoms with Crippen LogP contribution in [0.5, 0.6) is 0 Å². The Morgan fingerprint density at radius 1 is 1.25 bits per heavy atom. The zero-order chi connectivity index (χ0) is 14.9. The number of sulfonamides is 1. The van der Waals surface area contributed by atoms with Crippen LogP contribution in [0.15, 0.2) is 23.1 Å². The Bertz CT molecular complexity index is 718. The lowest BCUT2D eigenvalue weighted by atomic mass is 10.1. The Balaban J connectivity index is 2.40. The number of hydrogen-bond donors (Lipinski definition) is 1. The molecule has 1 saturated heterocycles. The number of aryl methyl sites for hydroxylation is 1. The number of nitrogens with zero attached hydrogens (tertiary/aromatic N) is 2. The van der Waals surface area contributed by atoms with Crippen LogP contribution < -0.4 is 5.32 Å². The normalized spacial score (nSPS) is 16.6. The Hall–Kier alpha value is -2.24. The molecule has 8 heteroatoms. The molecular formula is C12H11N3O4S. The average molecular weight is 293 g/mol. The molecule has 0 aromatic heterocycles. The van der Waals surface area contributed by atoms with Gasteiger partial charge in [0, 0.05) is 0 Å². The number of amides is 2. The van der Waals surface area contributed by atoms with Gasteiger partial charge in [-0.1, -0.05) is 0 Å². The predicted molar refractivity (Wildman–Crippen MR) is 67.8 cm³/mol. The molecule has 20 heavy (non-hydrogen) atoms. The van der Waals surface area contributed by atoms with Crippen molar-refractivity contribution in [3.63, 3.8) is 0 Å². The summed E-state index contributed by atoms with van der Waals surface area (Å²) in [5.41, 5.74) is 0.887. The lowest BCUT2D eigenvalue weighted by Gasteiger charge is -2.24. The van der Waals surface area contributed by atoms with Crippen molar-refractivity contribution in [2.24, 2.45) is 0 Å². The molecular weight excluding hydrogens is 282 g/mol. The quantitative estimate of drug-likeness (QED) is 0.741. The average Bonchev–Trinajstić information content (AvgIpc) is 2.37. The van der Waals surface area contributed by atoms with E-state index in [0.717, 1.165) is 4.31 Å². The number of carbonyl (C=O) groups is 2. The summed E-state index contributed by atoms with van der Waals surface area (Å²) in [6.45, 7) is 0.825.